The molecular weight excluding hydrogens is 393 g/mol. The predicted molar refractivity (Wildman–Crippen MR) is 81.6 cm³/mol. The Labute approximate surface area is 143 Å². The Bertz CT molecular complexity index is 750. The van der Waals surface area contributed by atoms with Crippen LogP contribution in [0.3, 0.4) is 0 Å². The highest BCUT2D eigenvalue weighted by molar-refractivity contribution is 9.10. The van der Waals surface area contributed by atoms with Crippen LogP contribution in [0.4, 0.5) is 13.2 Å². The summed E-state index contributed by atoms with van der Waals surface area (Å²) in [6.45, 7) is 0. The molecule has 24 heavy (non-hydrogen) atoms. The number of ether oxygens (including phenoxy) is 2. The van der Waals surface area contributed by atoms with E-state index in [1.165, 1.54) is 30.5 Å². The van der Waals surface area contributed by atoms with Crippen molar-refractivity contribution in [2.45, 2.75) is 18.9 Å². The average Bonchev–Trinajstić information content (AvgIpc) is 2.95. The second-order valence-corrected chi connectivity index (χ2v) is 5.76. The molecule has 9 heteroatoms. The second-order valence-electron chi connectivity index (χ2n) is 4.84. The van der Waals surface area contributed by atoms with Crippen molar-refractivity contribution in [2.24, 2.45) is 5.16 Å². The number of oxime groups is 1. The highest BCUT2D eigenvalue weighted by Gasteiger charge is 2.31. The Morgan fingerprint density at radius 3 is 2.54 bits per heavy atom. The minimum Gasteiger partial charge on any atom is -0.438 e. The van der Waals surface area contributed by atoms with Crippen LogP contribution in [0.5, 0.6) is 11.5 Å². The van der Waals surface area contributed by atoms with Crippen LogP contribution in [-0.2, 0) is 4.84 Å². The molecule has 2 heterocycles. The summed E-state index contributed by atoms with van der Waals surface area (Å²) in [5.74, 6) is 0.568. The molecule has 1 aromatic carbocycles. The normalized spacial score (nSPS) is 17.2. The van der Waals surface area contributed by atoms with Gasteiger partial charge in [-0.3, -0.25) is 4.98 Å². The maximum atomic E-state index is 12.1. The van der Waals surface area contributed by atoms with Gasteiger partial charge in [-0.1, -0.05) is 17.3 Å². The van der Waals surface area contributed by atoms with Crippen LogP contribution in [0.2, 0.25) is 0 Å². The second kappa shape index (κ2) is 6.68. The van der Waals surface area contributed by atoms with Crippen LogP contribution in [0, 0.1) is 0 Å². The molecule has 0 saturated carbocycles. The number of halogens is 4. The third kappa shape index (κ3) is 4.38. The maximum Gasteiger partial charge on any atom is 0.573 e. The molecule has 3 rings (SSSR count). The van der Waals surface area contributed by atoms with E-state index in [4.69, 9.17) is 9.57 Å². The summed E-state index contributed by atoms with van der Waals surface area (Å²) in [6, 6.07) is 7.16. The van der Waals surface area contributed by atoms with Gasteiger partial charge in [0.25, 0.3) is 0 Å². The number of benzene rings is 1. The molecule has 0 aliphatic carbocycles. The Balaban J connectivity index is 1.60. The summed E-state index contributed by atoms with van der Waals surface area (Å²) in [4.78, 5) is 9.23. The zero-order chi connectivity index (χ0) is 17.2. The number of hydrogen-bond donors (Lipinski definition) is 0. The maximum absolute atomic E-state index is 12.1. The minimum absolute atomic E-state index is 0.290. The van der Waals surface area contributed by atoms with Crippen molar-refractivity contribution in [3.63, 3.8) is 0 Å². The quantitative estimate of drug-likeness (QED) is 0.752. The monoisotopic (exact) mass is 402 g/mol. The third-order valence-corrected chi connectivity index (χ3v) is 3.48. The summed E-state index contributed by atoms with van der Waals surface area (Å²) in [6.07, 6.45) is -1.64. The van der Waals surface area contributed by atoms with Gasteiger partial charge in [0.1, 0.15) is 11.5 Å². The van der Waals surface area contributed by atoms with Gasteiger partial charge in [-0.25, -0.2) is 0 Å². The van der Waals surface area contributed by atoms with E-state index in [1.54, 1.807) is 12.3 Å². The first-order chi connectivity index (χ1) is 11.4. The lowest BCUT2D eigenvalue weighted by atomic mass is 10.1. The Kier molecular flexibility index (Phi) is 4.61. The van der Waals surface area contributed by atoms with E-state index < -0.39 is 12.5 Å². The van der Waals surface area contributed by atoms with Crippen molar-refractivity contribution in [1.29, 1.82) is 0 Å². The molecule has 126 valence electrons. The number of pyridine rings is 1. The highest BCUT2D eigenvalue weighted by atomic mass is 79.9. The molecule has 1 atom stereocenters. The predicted octanol–water partition coefficient (Wildman–Crippen LogP) is 4.60. The van der Waals surface area contributed by atoms with Gasteiger partial charge in [-0.15, -0.1) is 13.2 Å². The van der Waals surface area contributed by atoms with E-state index in [0.29, 0.717) is 23.6 Å². The molecule has 0 N–H and O–H groups in total. The van der Waals surface area contributed by atoms with Crippen LogP contribution in [-0.4, -0.2) is 17.2 Å². The first kappa shape index (κ1) is 16.6. The van der Waals surface area contributed by atoms with Gasteiger partial charge in [0.15, 0.2) is 6.10 Å². The summed E-state index contributed by atoms with van der Waals surface area (Å²) in [5, 5.41) is 3.84. The number of rotatable bonds is 3. The standard InChI is InChI=1S/C15H10BrF3N2O3/c16-10-5-12(8-20-7-10)22-14-6-13(24-21-14)9-1-3-11(4-2-9)23-15(17,18)19/h1-5,7-8,13H,6H2/t13-/m1/s1. The molecule has 5 nitrogen and oxygen atoms in total. The van der Waals surface area contributed by atoms with Gasteiger partial charge in [-0.05, 0) is 39.7 Å². The van der Waals surface area contributed by atoms with Crippen LogP contribution >= 0.6 is 15.9 Å². The minimum atomic E-state index is -4.71. The van der Waals surface area contributed by atoms with Crippen molar-refractivity contribution in [3.05, 3.63) is 52.8 Å². The fourth-order valence-electron chi connectivity index (χ4n) is 2.06. The number of hydrogen-bond acceptors (Lipinski definition) is 5. The van der Waals surface area contributed by atoms with Crippen LogP contribution in [0.25, 0.3) is 0 Å². The molecule has 1 aliphatic rings. The van der Waals surface area contributed by atoms with E-state index in [1.807, 2.05) is 0 Å². The van der Waals surface area contributed by atoms with Crippen molar-refractivity contribution >= 4 is 21.8 Å². The zero-order valence-corrected chi connectivity index (χ0v) is 13.5. The Hall–Kier alpha value is -2.29. The van der Waals surface area contributed by atoms with Gasteiger partial charge >= 0.3 is 6.36 Å². The molecule has 0 fully saturated rings. The lowest BCUT2D eigenvalue weighted by Crippen LogP contribution is -2.17. The molecule has 0 bridgehead atoms. The molecule has 0 radical (unpaired) electrons. The van der Waals surface area contributed by atoms with E-state index in [2.05, 4.69) is 30.8 Å². The average molecular weight is 403 g/mol. The van der Waals surface area contributed by atoms with Gasteiger partial charge in [0.2, 0.25) is 5.90 Å². The lowest BCUT2D eigenvalue weighted by Gasteiger charge is -2.11. The first-order valence-electron chi connectivity index (χ1n) is 6.76. The van der Waals surface area contributed by atoms with Gasteiger partial charge < -0.3 is 14.3 Å². The summed E-state index contributed by atoms with van der Waals surface area (Å²) < 4.78 is 46.6. The van der Waals surface area contributed by atoms with E-state index >= 15 is 0 Å². The molecule has 0 saturated heterocycles. The SMILES string of the molecule is FC(F)(F)Oc1ccc([C@H]2CC(Oc3cncc(Br)c3)=NO2)cc1. The van der Waals surface area contributed by atoms with Crippen molar-refractivity contribution < 1.29 is 27.5 Å². The lowest BCUT2D eigenvalue weighted by molar-refractivity contribution is -0.274. The summed E-state index contributed by atoms with van der Waals surface area (Å²) >= 11 is 3.28. The molecule has 1 aromatic heterocycles. The van der Waals surface area contributed by atoms with Crippen LogP contribution in [0.1, 0.15) is 18.1 Å². The molecule has 0 amide bonds. The van der Waals surface area contributed by atoms with Gasteiger partial charge in [0, 0.05) is 10.7 Å². The van der Waals surface area contributed by atoms with E-state index in [-0.39, 0.29) is 5.75 Å². The fourth-order valence-corrected chi connectivity index (χ4v) is 2.41. The van der Waals surface area contributed by atoms with Gasteiger partial charge in [-0.2, -0.15) is 0 Å². The Morgan fingerprint density at radius 1 is 1.12 bits per heavy atom. The summed E-state index contributed by atoms with van der Waals surface area (Å²) in [7, 11) is 0. The smallest absolute Gasteiger partial charge is 0.438 e. The number of nitrogens with zero attached hydrogens (tertiary/aromatic N) is 2. The third-order valence-electron chi connectivity index (χ3n) is 3.04. The van der Waals surface area contributed by atoms with Gasteiger partial charge in [0.05, 0.1) is 12.6 Å². The van der Waals surface area contributed by atoms with Crippen LogP contribution < -0.4 is 9.47 Å². The van der Waals surface area contributed by atoms with E-state index in [0.717, 1.165) is 4.47 Å². The Morgan fingerprint density at radius 2 is 1.88 bits per heavy atom. The van der Waals surface area contributed by atoms with E-state index in [9.17, 15) is 13.2 Å². The molecule has 1 aliphatic heterocycles. The van der Waals surface area contributed by atoms with Crippen molar-refractivity contribution in [1.82, 2.24) is 4.98 Å². The summed E-state index contributed by atoms with van der Waals surface area (Å²) in [5.41, 5.74) is 0.666. The first-order valence-corrected chi connectivity index (χ1v) is 7.55. The molecule has 0 spiro atoms. The number of aromatic nitrogens is 1. The molecular formula is C15H10BrF3N2O3. The number of alkyl halides is 3. The topological polar surface area (TPSA) is 52.9 Å². The largest absolute Gasteiger partial charge is 0.573 e. The van der Waals surface area contributed by atoms with Crippen molar-refractivity contribution in [2.75, 3.05) is 0 Å². The highest BCUT2D eigenvalue weighted by Crippen LogP contribution is 2.31. The van der Waals surface area contributed by atoms with Crippen LogP contribution in [0.15, 0.2) is 52.4 Å². The fraction of sp³-hybridized carbons (Fsp3) is 0.200. The molecule has 2 aromatic rings. The molecule has 0 unspecified atom stereocenters. The van der Waals surface area contributed by atoms with Crippen molar-refractivity contribution in [3.8, 4) is 11.5 Å². The zero-order valence-electron chi connectivity index (χ0n) is 12.0.